The molecule has 0 bridgehead atoms. The van der Waals surface area contributed by atoms with Crippen LogP contribution in [0, 0.1) is 11.3 Å². The molecule has 0 saturated carbocycles. The van der Waals surface area contributed by atoms with Crippen molar-refractivity contribution in [1.29, 1.82) is 5.26 Å². The lowest BCUT2D eigenvalue weighted by atomic mass is 10.1. The molecule has 0 heterocycles. The quantitative estimate of drug-likeness (QED) is 0.852. The third-order valence-electron chi connectivity index (χ3n) is 2.53. The van der Waals surface area contributed by atoms with E-state index in [0.717, 1.165) is 10.2 Å². The van der Waals surface area contributed by atoms with Crippen molar-refractivity contribution in [1.82, 2.24) is 0 Å². The fraction of sp³-hybridized carbons (Fsp3) is 0.417. The molecule has 1 unspecified atom stereocenters. The van der Waals surface area contributed by atoms with Crippen molar-refractivity contribution in [3.63, 3.8) is 0 Å². The SMILES string of the molecule is COCC(C)N(C)c1ccc(Br)cc1C#N. The molecule has 1 aromatic carbocycles. The van der Waals surface area contributed by atoms with Crippen molar-refractivity contribution in [2.45, 2.75) is 13.0 Å². The molecule has 1 rings (SSSR count). The summed E-state index contributed by atoms with van der Waals surface area (Å²) in [6, 6.07) is 8.14. The molecule has 0 aliphatic rings. The molecule has 0 radical (unpaired) electrons. The third-order valence-corrected chi connectivity index (χ3v) is 3.02. The molecule has 0 aliphatic carbocycles. The molecule has 16 heavy (non-hydrogen) atoms. The Bertz CT molecular complexity index is 400. The average molecular weight is 283 g/mol. The molecule has 1 atom stereocenters. The van der Waals surface area contributed by atoms with E-state index >= 15 is 0 Å². The Morgan fingerprint density at radius 3 is 2.81 bits per heavy atom. The lowest BCUT2D eigenvalue weighted by Gasteiger charge is -2.27. The van der Waals surface area contributed by atoms with Crippen LogP contribution in [0.2, 0.25) is 0 Å². The van der Waals surface area contributed by atoms with Gasteiger partial charge in [-0.25, -0.2) is 0 Å². The van der Waals surface area contributed by atoms with Gasteiger partial charge in [-0.15, -0.1) is 0 Å². The van der Waals surface area contributed by atoms with Gasteiger partial charge in [0.1, 0.15) is 6.07 Å². The number of hydrogen-bond acceptors (Lipinski definition) is 3. The first-order valence-corrected chi connectivity index (χ1v) is 5.81. The van der Waals surface area contributed by atoms with E-state index in [9.17, 15) is 0 Å². The molecular formula is C12H15BrN2O. The van der Waals surface area contributed by atoms with E-state index in [0.29, 0.717) is 12.2 Å². The molecule has 0 amide bonds. The molecule has 0 spiro atoms. The van der Waals surface area contributed by atoms with Crippen LogP contribution in [0.3, 0.4) is 0 Å². The molecule has 0 aromatic heterocycles. The highest BCUT2D eigenvalue weighted by atomic mass is 79.9. The maximum absolute atomic E-state index is 9.07. The van der Waals surface area contributed by atoms with E-state index in [1.165, 1.54) is 0 Å². The first-order chi connectivity index (χ1) is 7.60. The normalized spacial score (nSPS) is 11.9. The van der Waals surface area contributed by atoms with Gasteiger partial charge < -0.3 is 9.64 Å². The minimum atomic E-state index is 0.235. The monoisotopic (exact) mass is 282 g/mol. The smallest absolute Gasteiger partial charge is 0.101 e. The van der Waals surface area contributed by atoms with Gasteiger partial charge in [0, 0.05) is 24.7 Å². The maximum atomic E-state index is 9.07. The average Bonchev–Trinajstić information content (AvgIpc) is 2.28. The molecule has 3 nitrogen and oxygen atoms in total. The van der Waals surface area contributed by atoms with Gasteiger partial charge in [-0.2, -0.15) is 5.26 Å². The third kappa shape index (κ3) is 2.97. The van der Waals surface area contributed by atoms with Gasteiger partial charge >= 0.3 is 0 Å². The second-order valence-electron chi connectivity index (χ2n) is 3.69. The topological polar surface area (TPSA) is 36.3 Å². The van der Waals surface area contributed by atoms with Gasteiger partial charge in [-0.05, 0) is 25.1 Å². The van der Waals surface area contributed by atoms with Crippen LogP contribution in [0.15, 0.2) is 22.7 Å². The Balaban J connectivity index is 2.99. The Kier molecular flexibility index (Phi) is 4.78. The first kappa shape index (κ1) is 13.0. The molecule has 1 aromatic rings. The van der Waals surface area contributed by atoms with Gasteiger partial charge in [0.2, 0.25) is 0 Å². The van der Waals surface area contributed by atoms with E-state index in [4.69, 9.17) is 10.00 Å². The second-order valence-corrected chi connectivity index (χ2v) is 4.60. The number of ether oxygens (including phenoxy) is 1. The van der Waals surface area contributed by atoms with Crippen LogP contribution in [0.25, 0.3) is 0 Å². The number of nitrogens with zero attached hydrogens (tertiary/aromatic N) is 2. The number of nitriles is 1. The van der Waals surface area contributed by atoms with E-state index in [1.54, 1.807) is 7.11 Å². The van der Waals surface area contributed by atoms with Crippen LogP contribution in [-0.2, 0) is 4.74 Å². The standard InChI is InChI=1S/C12H15BrN2O/c1-9(8-16-3)15(2)12-5-4-11(13)6-10(12)7-14/h4-6,9H,8H2,1-3H3. The number of benzene rings is 1. The number of rotatable bonds is 4. The molecule has 0 aliphatic heterocycles. The van der Waals surface area contributed by atoms with E-state index in [2.05, 4.69) is 33.8 Å². The number of anilines is 1. The Morgan fingerprint density at radius 2 is 2.25 bits per heavy atom. The molecule has 0 fully saturated rings. The van der Waals surface area contributed by atoms with Gasteiger partial charge in [0.25, 0.3) is 0 Å². The van der Waals surface area contributed by atoms with Crippen molar-refractivity contribution in [2.75, 3.05) is 25.7 Å². The largest absolute Gasteiger partial charge is 0.383 e. The molecule has 86 valence electrons. The zero-order valence-electron chi connectivity index (χ0n) is 9.70. The second kappa shape index (κ2) is 5.88. The number of hydrogen-bond donors (Lipinski definition) is 0. The summed E-state index contributed by atoms with van der Waals surface area (Å²) in [5.41, 5.74) is 1.59. The summed E-state index contributed by atoms with van der Waals surface area (Å²) >= 11 is 3.36. The first-order valence-electron chi connectivity index (χ1n) is 5.01. The molecule has 0 N–H and O–H groups in total. The molecule has 0 saturated heterocycles. The van der Waals surface area contributed by atoms with Crippen molar-refractivity contribution < 1.29 is 4.74 Å². The summed E-state index contributed by atoms with van der Waals surface area (Å²) in [6.07, 6.45) is 0. The fourth-order valence-electron chi connectivity index (χ4n) is 1.50. The van der Waals surface area contributed by atoms with Gasteiger partial charge in [0.05, 0.1) is 17.9 Å². The minimum absolute atomic E-state index is 0.235. The predicted octanol–water partition coefficient (Wildman–Crippen LogP) is 2.79. The van der Waals surface area contributed by atoms with Crippen LogP contribution in [0.4, 0.5) is 5.69 Å². The predicted molar refractivity (Wildman–Crippen MR) is 68.6 cm³/mol. The summed E-state index contributed by atoms with van der Waals surface area (Å²) in [5.74, 6) is 0. The molecular weight excluding hydrogens is 268 g/mol. The Labute approximate surface area is 105 Å². The molecule has 4 heteroatoms. The summed E-state index contributed by atoms with van der Waals surface area (Å²) in [7, 11) is 3.64. The van der Waals surface area contributed by atoms with Crippen molar-refractivity contribution >= 4 is 21.6 Å². The zero-order valence-corrected chi connectivity index (χ0v) is 11.3. The summed E-state index contributed by atoms with van der Waals surface area (Å²) in [4.78, 5) is 2.05. The van der Waals surface area contributed by atoms with Crippen molar-refractivity contribution in [3.8, 4) is 6.07 Å². The van der Waals surface area contributed by atoms with E-state index in [1.807, 2.05) is 25.2 Å². The lowest BCUT2D eigenvalue weighted by molar-refractivity contribution is 0.183. The lowest BCUT2D eigenvalue weighted by Crippen LogP contribution is -2.33. The van der Waals surface area contributed by atoms with Crippen molar-refractivity contribution in [2.24, 2.45) is 0 Å². The van der Waals surface area contributed by atoms with Crippen LogP contribution in [-0.4, -0.2) is 26.8 Å². The highest BCUT2D eigenvalue weighted by molar-refractivity contribution is 9.10. The maximum Gasteiger partial charge on any atom is 0.101 e. The van der Waals surface area contributed by atoms with Gasteiger partial charge in [-0.1, -0.05) is 15.9 Å². The van der Waals surface area contributed by atoms with Crippen LogP contribution >= 0.6 is 15.9 Å². The Morgan fingerprint density at radius 1 is 1.56 bits per heavy atom. The highest BCUT2D eigenvalue weighted by Crippen LogP contribution is 2.24. The summed E-state index contributed by atoms with van der Waals surface area (Å²) in [6.45, 7) is 2.70. The number of methoxy groups -OCH3 is 1. The summed E-state index contributed by atoms with van der Waals surface area (Å²) < 4.78 is 6.03. The zero-order chi connectivity index (χ0) is 12.1. The highest BCUT2D eigenvalue weighted by Gasteiger charge is 2.13. The fourth-order valence-corrected chi connectivity index (χ4v) is 1.86. The van der Waals surface area contributed by atoms with Crippen molar-refractivity contribution in [3.05, 3.63) is 28.2 Å². The minimum Gasteiger partial charge on any atom is -0.383 e. The van der Waals surface area contributed by atoms with E-state index in [-0.39, 0.29) is 6.04 Å². The van der Waals surface area contributed by atoms with Crippen LogP contribution in [0.1, 0.15) is 12.5 Å². The Hall–Kier alpha value is -1.05. The number of halogens is 1. The number of likely N-dealkylation sites (N-methyl/N-ethyl adjacent to an activating group) is 1. The van der Waals surface area contributed by atoms with Gasteiger partial charge in [0.15, 0.2) is 0 Å². The van der Waals surface area contributed by atoms with Crippen LogP contribution < -0.4 is 4.90 Å². The van der Waals surface area contributed by atoms with E-state index < -0.39 is 0 Å². The summed E-state index contributed by atoms with van der Waals surface area (Å²) in [5, 5.41) is 9.07. The van der Waals surface area contributed by atoms with Crippen LogP contribution in [0.5, 0.6) is 0 Å². The van der Waals surface area contributed by atoms with Gasteiger partial charge in [-0.3, -0.25) is 0 Å².